The second kappa shape index (κ2) is 6.63. The van der Waals surface area contributed by atoms with Crippen molar-refractivity contribution in [3.8, 4) is 17.0 Å². The molecule has 0 bridgehead atoms. The Labute approximate surface area is 140 Å². The van der Waals surface area contributed by atoms with Gasteiger partial charge in [-0.2, -0.15) is 0 Å². The molecule has 3 aromatic heterocycles. The summed E-state index contributed by atoms with van der Waals surface area (Å²) in [5.74, 6) is 1.21. The third-order valence-corrected chi connectivity index (χ3v) is 4.47. The summed E-state index contributed by atoms with van der Waals surface area (Å²) in [5, 5.41) is 1.27. The Hall–Kier alpha value is -1.65. The van der Waals surface area contributed by atoms with E-state index in [0.717, 1.165) is 21.8 Å². The highest BCUT2D eigenvalue weighted by Crippen LogP contribution is 2.34. The average molecular weight is 335 g/mol. The first-order valence-corrected chi connectivity index (χ1v) is 7.80. The van der Waals surface area contributed by atoms with Gasteiger partial charge in [0.25, 0.3) is 0 Å². The maximum atomic E-state index is 5.26. The SMILES string of the molecule is COc1cncc(-c2cc(C(C)C)c3cc(C)sc3n2)c1.Cl. The number of pyridine rings is 2. The van der Waals surface area contributed by atoms with Gasteiger partial charge in [-0.3, -0.25) is 4.98 Å². The summed E-state index contributed by atoms with van der Waals surface area (Å²) in [5.41, 5.74) is 3.28. The first-order chi connectivity index (χ1) is 10.1. The van der Waals surface area contributed by atoms with Gasteiger partial charge in [0.2, 0.25) is 0 Å². The highest BCUT2D eigenvalue weighted by molar-refractivity contribution is 7.18. The number of aryl methyl sites for hydroxylation is 1. The molecule has 0 aliphatic carbocycles. The van der Waals surface area contributed by atoms with Gasteiger partial charge in [-0.1, -0.05) is 13.8 Å². The second-order valence-electron chi connectivity index (χ2n) is 5.44. The smallest absolute Gasteiger partial charge is 0.137 e. The fraction of sp³-hybridized carbons (Fsp3) is 0.294. The van der Waals surface area contributed by atoms with E-state index in [1.54, 1.807) is 24.6 Å². The molecule has 0 amide bonds. The predicted octanol–water partition coefficient (Wildman–Crippen LogP) is 5.22. The van der Waals surface area contributed by atoms with Gasteiger partial charge in [0.15, 0.2) is 0 Å². The van der Waals surface area contributed by atoms with Crippen molar-refractivity contribution in [2.75, 3.05) is 7.11 Å². The molecule has 5 heteroatoms. The number of hydrogen-bond acceptors (Lipinski definition) is 4. The lowest BCUT2D eigenvalue weighted by atomic mass is 9.99. The zero-order valence-electron chi connectivity index (χ0n) is 13.1. The molecular weight excluding hydrogens is 316 g/mol. The van der Waals surface area contributed by atoms with Crippen molar-refractivity contribution in [2.45, 2.75) is 26.7 Å². The monoisotopic (exact) mass is 334 g/mol. The zero-order valence-corrected chi connectivity index (χ0v) is 14.7. The van der Waals surface area contributed by atoms with E-state index in [0.29, 0.717) is 5.92 Å². The number of halogens is 1. The number of fused-ring (bicyclic) bond motifs is 1. The van der Waals surface area contributed by atoms with E-state index in [-0.39, 0.29) is 12.4 Å². The van der Waals surface area contributed by atoms with Crippen molar-refractivity contribution in [2.24, 2.45) is 0 Å². The van der Waals surface area contributed by atoms with Crippen LogP contribution in [0.4, 0.5) is 0 Å². The molecule has 0 N–H and O–H groups in total. The highest BCUT2D eigenvalue weighted by Gasteiger charge is 2.13. The second-order valence-corrected chi connectivity index (χ2v) is 6.68. The molecule has 0 atom stereocenters. The molecular formula is C17H19ClN2OS. The van der Waals surface area contributed by atoms with Crippen molar-refractivity contribution >= 4 is 34.0 Å². The van der Waals surface area contributed by atoms with Crippen molar-refractivity contribution in [1.29, 1.82) is 0 Å². The largest absolute Gasteiger partial charge is 0.495 e. The Balaban J connectivity index is 0.00000176. The molecule has 0 fully saturated rings. The minimum Gasteiger partial charge on any atom is -0.495 e. The number of rotatable bonds is 3. The minimum atomic E-state index is 0. The molecule has 22 heavy (non-hydrogen) atoms. The van der Waals surface area contributed by atoms with E-state index < -0.39 is 0 Å². The van der Waals surface area contributed by atoms with Crippen molar-refractivity contribution in [3.63, 3.8) is 0 Å². The average Bonchev–Trinajstić information content (AvgIpc) is 2.86. The van der Waals surface area contributed by atoms with Crippen LogP contribution in [0.1, 0.15) is 30.2 Å². The molecule has 0 aromatic carbocycles. The maximum Gasteiger partial charge on any atom is 0.137 e. The van der Waals surface area contributed by atoms with E-state index in [1.165, 1.54) is 15.8 Å². The van der Waals surface area contributed by atoms with E-state index >= 15 is 0 Å². The molecule has 0 spiro atoms. The summed E-state index contributed by atoms with van der Waals surface area (Å²) in [4.78, 5) is 11.4. The number of methoxy groups -OCH3 is 1. The summed E-state index contributed by atoms with van der Waals surface area (Å²) in [6, 6.07) is 6.39. The first-order valence-electron chi connectivity index (χ1n) is 6.99. The van der Waals surface area contributed by atoms with Crippen molar-refractivity contribution in [1.82, 2.24) is 9.97 Å². The Morgan fingerprint density at radius 1 is 1.14 bits per heavy atom. The predicted molar refractivity (Wildman–Crippen MR) is 95.5 cm³/mol. The van der Waals surface area contributed by atoms with Crippen LogP contribution in [0.5, 0.6) is 5.75 Å². The summed E-state index contributed by atoms with van der Waals surface area (Å²) in [7, 11) is 1.65. The third kappa shape index (κ3) is 3.08. The fourth-order valence-corrected chi connectivity index (χ4v) is 3.37. The minimum absolute atomic E-state index is 0. The van der Waals surface area contributed by atoms with Crippen LogP contribution in [-0.4, -0.2) is 17.1 Å². The van der Waals surface area contributed by atoms with Crippen LogP contribution >= 0.6 is 23.7 Å². The molecule has 0 saturated carbocycles. The maximum absolute atomic E-state index is 5.26. The van der Waals surface area contributed by atoms with Crippen LogP contribution in [0.2, 0.25) is 0 Å². The van der Waals surface area contributed by atoms with Crippen LogP contribution < -0.4 is 4.74 Å². The molecule has 3 aromatic rings. The molecule has 116 valence electrons. The van der Waals surface area contributed by atoms with Crippen LogP contribution in [-0.2, 0) is 0 Å². The normalized spacial score (nSPS) is 10.8. The lowest BCUT2D eigenvalue weighted by molar-refractivity contribution is 0.413. The molecule has 0 aliphatic heterocycles. The van der Waals surface area contributed by atoms with Crippen LogP contribution in [0, 0.1) is 6.92 Å². The first kappa shape index (κ1) is 16.7. The van der Waals surface area contributed by atoms with Gasteiger partial charge in [-0.15, -0.1) is 23.7 Å². The highest BCUT2D eigenvalue weighted by atomic mass is 35.5. The van der Waals surface area contributed by atoms with Gasteiger partial charge in [-0.25, -0.2) is 4.98 Å². The van der Waals surface area contributed by atoms with Crippen LogP contribution in [0.25, 0.3) is 21.5 Å². The summed E-state index contributed by atoms with van der Waals surface area (Å²) >= 11 is 1.74. The molecule has 0 unspecified atom stereocenters. The van der Waals surface area contributed by atoms with Gasteiger partial charge in [0.1, 0.15) is 10.6 Å². The van der Waals surface area contributed by atoms with Gasteiger partial charge >= 0.3 is 0 Å². The van der Waals surface area contributed by atoms with Gasteiger partial charge in [-0.05, 0) is 36.6 Å². The van der Waals surface area contributed by atoms with E-state index in [1.807, 2.05) is 12.3 Å². The number of hydrogen-bond donors (Lipinski definition) is 0. The standard InChI is InChI=1S/C17H18N2OS.ClH/c1-10(2)14-7-16(12-6-13(20-4)9-18-8-12)19-17-15(14)5-11(3)21-17;/h5-10H,1-4H3;1H. The van der Waals surface area contributed by atoms with Gasteiger partial charge < -0.3 is 4.74 Å². The molecule has 3 heterocycles. The lowest BCUT2D eigenvalue weighted by Gasteiger charge is -2.10. The van der Waals surface area contributed by atoms with E-state index in [2.05, 4.69) is 37.9 Å². The Morgan fingerprint density at radius 2 is 1.91 bits per heavy atom. The van der Waals surface area contributed by atoms with Crippen molar-refractivity contribution < 1.29 is 4.74 Å². The van der Waals surface area contributed by atoms with E-state index in [9.17, 15) is 0 Å². The number of aromatic nitrogens is 2. The molecule has 0 radical (unpaired) electrons. The Bertz CT molecular complexity index is 798. The van der Waals surface area contributed by atoms with E-state index in [4.69, 9.17) is 9.72 Å². The number of thiophene rings is 1. The zero-order chi connectivity index (χ0) is 15.0. The topological polar surface area (TPSA) is 35.0 Å². The summed E-state index contributed by atoms with van der Waals surface area (Å²) < 4.78 is 5.26. The van der Waals surface area contributed by atoms with Gasteiger partial charge in [0.05, 0.1) is 19.0 Å². The van der Waals surface area contributed by atoms with Crippen LogP contribution in [0.15, 0.2) is 30.6 Å². The molecule has 3 rings (SSSR count). The number of ether oxygens (including phenoxy) is 1. The molecule has 0 aliphatic rings. The fourth-order valence-electron chi connectivity index (χ4n) is 2.45. The molecule has 0 saturated heterocycles. The Morgan fingerprint density at radius 3 is 2.59 bits per heavy atom. The Kier molecular flexibility index (Phi) is 5.04. The van der Waals surface area contributed by atoms with Crippen molar-refractivity contribution in [3.05, 3.63) is 41.0 Å². The summed E-state index contributed by atoms with van der Waals surface area (Å²) in [6.07, 6.45) is 3.54. The van der Waals surface area contributed by atoms with Crippen LogP contribution in [0.3, 0.4) is 0 Å². The number of nitrogens with zero attached hydrogens (tertiary/aromatic N) is 2. The lowest BCUT2D eigenvalue weighted by Crippen LogP contribution is -1.93. The quantitative estimate of drug-likeness (QED) is 0.658. The molecule has 3 nitrogen and oxygen atoms in total. The summed E-state index contributed by atoms with van der Waals surface area (Å²) in [6.45, 7) is 6.56. The van der Waals surface area contributed by atoms with Gasteiger partial charge in [0, 0.05) is 22.0 Å². The third-order valence-electron chi connectivity index (χ3n) is 3.53.